The predicted molar refractivity (Wildman–Crippen MR) is 49.7 cm³/mol. The predicted octanol–water partition coefficient (Wildman–Crippen LogP) is 2.39. The van der Waals surface area contributed by atoms with Crippen molar-refractivity contribution in [3.63, 3.8) is 0 Å². The molecule has 1 N–H and O–H groups in total. The summed E-state index contributed by atoms with van der Waals surface area (Å²) in [6.45, 7) is 3.86. The lowest BCUT2D eigenvalue weighted by molar-refractivity contribution is 1.50. The Morgan fingerprint density at radius 2 is 2.11 bits per heavy atom. The second-order valence-electron chi connectivity index (χ2n) is 1.63. The number of hydrogen-bond acceptors (Lipinski definition) is 1. The maximum atomic E-state index is 6.63. The van der Waals surface area contributed by atoms with Crippen molar-refractivity contribution in [3.8, 4) is 0 Å². The first-order valence-corrected chi connectivity index (χ1v) is 3.62. The Morgan fingerprint density at radius 1 is 1.56 bits per heavy atom. The molecule has 0 fully saturated rings. The van der Waals surface area contributed by atoms with Crippen LogP contribution in [-0.4, -0.2) is 12.1 Å². The van der Waals surface area contributed by atoms with Crippen LogP contribution in [0.4, 0.5) is 0 Å². The van der Waals surface area contributed by atoms with Crippen LogP contribution in [0, 0.1) is 5.41 Å². The maximum absolute atomic E-state index is 6.63. The van der Waals surface area contributed by atoms with Crippen LogP contribution < -0.4 is 0 Å². The number of nitrogens with one attached hydrogen (secondary N) is 1. The van der Waals surface area contributed by atoms with Gasteiger partial charge < -0.3 is 0 Å². The summed E-state index contributed by atoms with van der Waals surface area (Å²) in [5.41, 5.74) is 0.872. The Hall–Kier alpha value is -0.190. The highest BCUT2D eigenvalue weighted by molar-refractivity contribution is 14.1. The van der Waals surface area contributed by atoms with E-state index in [1.54, 1.807) is 0 Å². The van der Waals surface area contributed by atoms with Crippen LogP contribution in [-0.2, 0) is 0 Å². The van der Waals surface area contributed by atoms with E-state index < -0.39 is 0 Å². The van der Waals surface area contributed by atoms with Crippen LogP contribution in [0.3, 0.4) is 0 Å². The minimum absolute atomic E-state index is 0.872. The lowest BCUT2D eigenvalue weighted by Crippen LogP contribution is -1.83. The van der Waals surface area contributed by atoms with Crippen LogP contribution in [0.2, 0.25) is 0 Å². The van der Waals surface area contributed by atoms with E-state index in [-0.39, 0.29) is 0 Å². The lowest BCUT2D eigenvalue weighted by atomic mass is 10.4. The van der Waals surface area contributed by atoms with Gasteiger partial charge in [0.15, 0.2) is 0 Å². The molecule has 3 heteroatoms. The van der Waals surface area contributed by atoms with Gasteiger partial charge in [0.1, 0.15) is 6.34 Å². The van der Waals surface area contributed by atoms with Crippen molar-refractivity contribution in [2.75, 3.05) is 0 Å². The number of allylic oxidation sites excluding steroid dienone is 2. The quantitative estimate of drug-likeness (QED) is 0.434. The first-order valence-electron chi connectivity index (χ1n) is 2.54. The second-order valence-corrected chi connectivity index (χ2v) is 3.33. The van der Waals surface area contributed by atoms with E-state index in [9.17, 15) is 0 Å². The molecule has 0 rings (SSSR count). The van der Waals surface area contributed by atoms with Crippen molar-refractivity contribution < 1.29 is 0 Å². The van der Waals surface area contributed by atoms with Crippen molar-refractivity contribution in [3.05, 3.63) is 9.66 Å². The van der Waals surface area contributed by atoms with Gasteiger partial charge in [-0.2, -0.15) is 0 Å². The largest absolute Gasteiger partial charge is 0.290 e. The minimum Gasteiger partial charge on any atom is -0.290 e. The van der Waals surface area contributed by atoms with Gasteiger partial charge in [-0.15, -0.1) is 0 Å². The molecule has 2 nitrogen and oxygen atoms in total. The van der Waals surface area contributed by atoms with E-state index >= 15 is 0 Å². The fraction of sp³-hybridized carbons (Fsp3) is 0.333. The summed E-state index contributed by atoms with van der Waals surface area (Å²) in [6.07, 6.45) is 2.97. The SMILES string of the molecule is CC(/C=C(/C)I)=NC=N. The van der Waals surface area contributed by atoms with Crippen molar-refractivity contribution >= 4 is 34.6 Å². The van der Waals surface area contributed by atoms with Crippen LogP contribution in [0.1, 0.15) is 13.8 Å². The van der Waals surface area contributed by atoms with E-state index in [1.165, 1.54) is 3.58 Å². The van der Waals surface area contributed by atoms with Crippen molar-refractivity contribution in [1.29, 1.82) is 5.41 Å². The summed E-state index contributed by atoms with van der Waals surface area (Å²) < 4.78 is 1.18. The lowest BCUT2D eigenvalue weighted by Gasteiger charge is -1.86. The van der Waals surface area contributed by atoms with Gasteiger partial charge in [0.05, 0.1) is 0 Å². The highest BCUT2D eigenvalue weighted by Gasteiger charge is 1.81. The summed E-state index contributed by atoms with van der Waals surface area (Å²) in [4.78, 5) is 3.74. The average molecular weight is 236 g/mol. The van der Waals surface area contributed by atoms with Crippen LogP contribution >= 0.6 is 22.6 Å². The summed E-state index contributed by atoms with van der Waals surface area (Å²) in [7, 11) is 0. The second kappa shape index (κ2) is 4.67. The first-order chi connectivity index (χ1) is 4.16. The molecule has 0 spiro atoms. The molecule has 0 aliphatic rings. The molecule has 0 aromatic heterocycles. The van der Waals surface area contributed by atoms with Gasteiger partial charge in [0.2, 0.25) is 0 Å². The molecule has 0 aliphatic heterocycles. The number of nitrogens with zero attached hydrogens (tertiary/aromatic N) is 1. The third kappa shape index (κ3) is 5.68. The minimum atomic E-state index is 0.872. The summed E-state index contributed by atoms with van der Waals surface area (Å²) >= 11 is 2.20. The molecular weight excluding hydrogens is 227 g/mol. The third-order valence-corrected chi connectivity index (χ3v) is 0.987. The number of aliphatic imine (C=N–C) groups is 1. The van der Waals surface area contributed by atoms with Crippen LogP contribution in [0.15, 0.2) is 14.6 Å². The zero-order chi connectivity index (χ0) is 7.28. The molecule has 0 heterocycles. The molecule has 0 amide bonds. The van der Waals surface area contributed by atoms with Crippen LogP contribution in [0.25, 0.3) is 0 Å². The smallest absolute Gasteiger partial charge is 0.107 e. The Kier molecular flexibility index (Phi) is 4.57. The molecule has 0 radical (unpaired) electrons. The fourth-order valence-corrected chi connectivity index (χ4v) is 0.878. The molecule has 0 saturated heterocycles. The zero-order valence-electron chi connectivity index (χ0n) is 5.48. The van der Waals surface area contributed by atoms with Gasteiger partial charge in [-0.1, -0.05) is 0 Å². The highest BCUT2D eigenvalue weighted by atomic mass is 127. The van der Waals surface area contributed by atoms with Gasteiger partial charge in [-0.3, -0.25) is 5.41 Å². The van der Waals surface area contributed by atoms with Gasteiger partial charge in [0, 0.05) is 5.71 Å². The molecule has 0 aliphatic carbocycles. The molecular formula is C6H9IN2. The van der Waals surface area contributed by atoms with Gasteiger partial charge in [-0.05, 0) is 46.1 Å². The molecule has 50 valence electrons. The average Bonchev–Trinajstić information content (AvgIpc) is 1.63. The van der Waals surface area contributed by atoms with E-state index in [4.69, 9.17) is 5.41 Å². The van der Waals surface area contributed by atoms with Crippen molar-refractivity contribution in [1.82, 2.24) is 0 Å². The molecule has 0 bridgehead atoms. The van der Waals surface area contributed by atoms with E-state index in [1.807, 2.05) is 19.9 Å². The summed E-state index contributed by atoms with van der Waals surface area (Å²) in [5, 5.41) is 6.63. The summed E-state index contributed by atoms with van der Waals surface area (Å²) in [5.74, 6) is 0. The Labute approximate surface area is 68.7 Å². The Morgan fingerprint density at radius 3 is 2.44 bits per heavy atom. The fourth-order valence-electron chi connectivity index (χ4n) is 0.427. The molecule has 0 atom stereocenters. The maximum Gasteiger partial charge on any atom is 0.107 e. The van der Waals surface area contributed by atoms with Gasteiger partial charge >= 0.3 is 0 Å². The number of halogens is 1. The van der Waals surface area contributed by atoms with Crippen molar-refractivity contribution in [2.45, 2.75) is 13.8 Å². The number of hydrogen-bond donors (Lipinski definition) is 1. The molecule has 0 aromatic rings. The van der Waals surface area contributed by atoms with Crippen molar-refractivity contribution in [2.24, 2.45) is 4.99 Å². The van der Waals surface area contributed by atoms with Crippen LogP contribution in [0.5, 0.6) is 0 Å². The number of rotatable bonds is 2. The normalized spacial score (nSPS) is 13.7. The Bertz CT molecular complexity index is 154. The van der Waals surface area contributed by atoms with E-state index in [2.05, 4.69) is 27.6 Å². The molecule has 0 saturated carbocycles. The zero-order valence-corrected chi connectivity index (χ0v) is 7.64. The van der Waals surface area contributed by atoms with Gasteiger partial charge in [0.25, 0.3) is 0 Å². The first kappa shape index (κ1) is 8.81. The van der Waals surface area contributed by atoms with E-state index in [0.29, 0.717) is 0 Å². The molecule has 0 unspecified atom stereocenters. The monoisotopic (exact) mass is 236 g/mol. The molecule has 0 aromatic carbocycles. The third-order valence-electron chi connectivity index (χ3n) is 0.676. The topological polar surface area (TPSA) is 36.2 Å². The highest BCUT2D eigenvalue weighted by Crippen LogP contribution is 2.02. The van der Waals surface area contributed by atoms with Gasteiger partial charge in [-0.25, -0.2) is 4.99 Å². The standard InChI is InChI=1S/C6H9IN2/c1-5(7)3-6(2)9-4-8/h3-4,8H,1-2H3/b5-3-,8-4?,9-6?. The van der Waals surface area contributed by atoms with E-state index in [0.717, 1.165) is 12.1 Å². The molecule has 9 heavy (non-hydrogen) atoms. The Balaban J connectivity index is 4.05. The summed E-state index contributed by atoms with van der Waals surface area (Å²) in [6, 6.07) is 0.